The monoisotopic (exact) mass is 279 g/mol. The average molecular weight is 279 g/mol. The predicted octanol–water partition coefficient (Wildman–Crippen LogP) is 3.72. The summed E-state index contributed by atoms with van der Waals surface area (Å²) in [5.74, 6) is 1.13. The van der Waals surface area contributed by atoms with Crippen LogP contribution in [0.5, 0.6) is 0 Å². The van der Waals surface area contributed by atoms with Crippen molar-refractivity contribution in [3.05, 3.63) is 30.3 Å². The molecular formula is C16H25NOS. The summed E-state index contributed by atoms with van der Waals surface area (Å²) in [5.41, 5.74) is 0.0858. The number of hydrogen-bond acceptors (Lipinski definition) is 3. The van der Waals surface area contributed by atoms with Crippen LogP contribution in [0.2, 0.25) is 0 Å². The summed E-state index contributed by atoms with van der Waals surface area (Å²) in [6.07, 6.45) is 3.38. The minimum atomic E-state index is 0.0858. The van der Waals surface area contributed by atoms with Gasteiger partial charge in [-0.1, -0.05) is 25.1 Å². The highest BCUT2D eigenvalue weighted by Crippen LogP contribution is 2.27. The molecule has 1 heterocycles. The number of benzene rings is 1. The van der Waals surface area contributed by atoms with E-state index in [-0.39, 0.29) is 5.60 Å². The topological polar surface area (TPSA) is 21.3 Å². The van der Waals surface area contributed by atoms with Gasteiger partial charge < -0.3 is 10.1 Å². The van der Waals surface area contributed by atoms with Crippen molar-refractivity contribution in [3.63, 3.8) is 0 Å². The molecule has 106 valence electrons. The Kier molecular flexibility index (Phi) is 5.74. The van der Waals surface area contributed by atoms with Crippen LogP contribution in [0.15, 0.2) is 35.2 Å². The number of rotatable bonds is 6. The van der Waals surface area contributed by atoms with Gasteiger partial charge in [0.1, 0.15) is 0 Å². The minimum absolute atomic E-state index is 0.0858. The highest BCUT2D eigenvalue weighted by molar-refractivity contribution is 7.99. The van der Waals surface area contributed by atoms with E-state index in [1.54, 1.807) is 0 Å². The summed E-state index contributed by atoms with van der Waals surface area (Å²) >= 11 is 1.92. The van der Waals surface area contributed by atoms with Crippen LogP contribution in [-0.4, -0.2) is 30.5 Å². The molecular weight excluding hydrogens is 254 g/mol. The largest absolute Gasteiger partial charge is 0.375 e. The van der Waals surface area contributed by atoms with Gasteiger partial charge in [0, 0.05) is 29.8 Å². The van der Waals surface area contributed by atoms with E-state index in [4.69, 9.17) is 4.74 Å². The molecule has 0 aliphatic carbocycles. The molecule has 19 heavy (non-hydrogen) atoms. The summed E-state index contributed by atoms with van der Waals surface area (Å²) in [5, 5.41) is 3.68. The summed E-state index contributed by atoms with van der Waals surface area (Å²) in [6, 6.07) is 11.2. The molecule has 0 aromatic heterocycles. The zero-order valence-corrected chi connectivity index (χ0v) is 12.8. The van der Waals surface area contributed by atoms with Crippen LogP contribution in [0, 0.1) is 0 Å². The molecule has 0 amide bonds. The van der Waals surface area contributed by atoms with Crippen molar-refractivity contribution in [2.75, 3.05) is 18.9 Å². The summed E-state index contributed by atoms with van der Waals surface area (Å²) in [7, 11) is 0. The van der Waals surface area contributed by atoms with Crippen LogP contribution >= 0.6 is 11.8 Å². The maximum atomic E-state index is 5.88. The van der Waals surface area contributed by atoms with E-state index < -0.39 is 0 Å². The van der Waals surface area contributed by atoms with Crippen LogP contribution in [0.25, 0.3) is 0 Å². The van der Waals surface area contributed by atoms with Gasteiger partial charge in [0.05, 0.1) is 5.60 Å². The van der Waals surface area contributed by atoms with Gasteiger partial charge >= 0.3 is 0 Å². The van der Waals surface area contributed by atoms with Gasteiger partial charge in [0.2, 0.25) is 0 Å². The van der Waals surface area contributed by atoms with Crippen LogP contribution in [-0.2, 0) is 4.74 Å². The van der Waals surface area contributed by atoms with Crippen LogP contribution < -0.4 is 5.32 Å². The first-order valence-electron chi connectivity index (χ1n) is 7.27. The Hall–Kier alpha value is -0.510. The molecule has 3 heteroatoms. The third kappa shape index (κ3) is 4.83. The van der Waals surface area contributed by atoms with Gasteiger partial charge in [-0.25, -0.2) is 0 Å². The lowest BCUT2D eigenvalue weighted by atomic mass is 9.90. The molecule has 1 aromatic rings. The molecule has 0 saturated carbocycles. The first kappa shape index (κ1) is 14.9. The number of thioether (sulfide) groups is 1. The van der Waals surface area contributed by atoms with Crippen LogP contribution in [0.3, 0.4) is 0 Å². The highest BCUT2D eigenvalue weighted by atomic mass is 32.2. The Balaban J connectivity index is 1.66. The third-order valence-electron chi connectivity index (χ3n) is 3.89. The van der Waals surface area contributed by atoms with Crippen LogP contribution in [0.1, 0.15) is 33.1 Å². The van der Waals surface area contributed by atoms with E-state index in [9.17, 15) is 0 Å². The molecule has 2 rings (SSSR count). The Morgan fingerprint density at radius 2 is 2.16 bits per heavy atom. The molecule has 0 spiro atoms. The molecule has 2 atom stereocenters. The van der Waals surface area contributed by atoms with Gasteiger partial charge in [-0.2, -0.15) is 0 Å². The third-order valence-corrected chi connectivity index (χ3v) is 4.90. The molecule has 0 radical (unpaired) electrons. The van der Waals surface area contributed by atoms with Crippen molar-refractivity contribution < 1.29 is 4.74 Å². The highest BCUT2D eigenvalue weighted by Gasteiger charge is 2.31. The van der Waals surface area contributed by atoms with E-state index in [2.05, 4.69) is 49.5 Å². The van der Waals surface area contributed by atoms with Crippen molar-refractivity contribution >= 4 is 11.8 Å². The second kappa shape index (κ2) is 7.32. The standard InChI is InChI=1S/C16H25NOS/c1-3-16(2)13-14(9-11-18-16)17-10-12-19-15-7-5-4-6-8-15/h4-8,14,17H,3,9-13H2,1-2H3. The fourth-order valence-electron chi connectivity index (χ4n) is 2.50. The van der Waals surface area contributed by atoms with Crippen molar-refractivity contribution in [3.8, 4) is 0 Å². The van der Waals surface area contributed by atoms with E-state index in [1.165, 1.54) is 4.90 Å². The second-order valence-corrected chi connectivity index (χ2v) is 6.63. The van der Waals surface area contributed by atoms with Gasteiger partial charge in [-0.15, -0.1) is 11.8 Å². The maximum absolute atomic E-state index is 5.88. The smallest absolute Gasteiger partial charge is 0.0666 e. The molecule has 0 bridgehead atoms. The van der Waals surface area contributed by atoms with E-state index >= 15 is 0 Å². The van der Waals surface area contributed by atoms with Gasteiger partial charge in [0.15, 0.2) is 0 Å². The number of ether oxygens (including phenoxy) is 1. The number of hydrogen-bond donors (Lipinski definition) is 1. The van der Waals surface area contributed by atoms with Crippen molar-refractivity contribution in [2.45, 2.75) is 49.6 Å². The summed E-state index contributed by atoms with van der Waals surface area (Å²) < 4.78 is 5.88. The average Bonchev–Trinajstić information content (AvgIpc) is 2.45. The van der Waals surface area contributed by atoms with Crippen molar-refractivity contribution in [1.29, 1.82) is 0 Å². The molecule has 1 aromatic carbocycles. The number of nitrogens with one attached hydrogen (secondary N) is 1. The van der Waals surface area contributed by atoms with E-state index in [0.717, 1.165) is 38.2 Å². The Morgan fingerprint density at radius 3 is 2.89 bits per heavy atom. The molecule has 1 fully saturated rings. The SMILES string of the molecule is CCC1(C)CC(NCCSc2ccccc2)CCO1. The minimum Gasteiger partial charge on any atom is -0.375 e. The quantitative estimate of drug-likeness (QED) is 0.633. The zero-order chi connectivity index (χ0) is 13.6. The Labute approximate surface area is 121 Å². The van der Waals surface area contributed by atoms with Gasteiger partial charge in [-0.3, -0.25) is 0 Å². The molecule has 2 unspecified atom stereocenters. The molecule has 2 nitrogen and oxygen atoms in total. The normalized spacial score (nSPS) is 27.4. The first-order valence-corrected chi connectivity index (χ1v) is 8.25. The lowest BCUT2D eigenvalue weighted by molar-refractivity contribution is -0.0776. The van der Waals surface area contributed by atoms with Crippen LogP contribution in [0.4, 0.5) is 0 Å². The first-order chi connectivity index (χ1) is 9.22. The zero-order valence-electron chi connectivity index (χ0n) is 12.0. The maximum Gasteiger partial charge on any atom is 0.0666 e. The Bertz CT molecular complexity index is 370. The van der Waals surface area contributed by atoms with Gasteiger partial charge in [-0.05, 0) is 38.3 Å². The van der Waals surface area contributed by atoms with Crippen molar-refractivity contribution in [1.82, 2.24) is 5.32 Å². The molecule has 1 saturated heterocycles. The summed E-state index contributed by atoms with van der Waals surface area (Å²) in [4.78, 5) is 1.36. The van der Waals surface area contributed by atoms with Crippen molar-refractivity contribution in [2.24, 2.45) is 0 Å². The molecule has 1 aliphatic heterocycles. The fourth-order valence-corrected chi connectivity index (χ4v) is 3.30. The Morgan fingerprint density at radius 1 is 1.37 bits per heavy atom. The van der Waals surface area contributed by atoms with E-state index in [0.29, 0.717) is 6.04 Å². The predicted molar refractivity (Wildman–Crippen MR) is 82.8 cm³/mol. The second-order valence-electron chi connectivity index (χ2n) is 5.46. The summed E-state index contributed by atoms with van der Waals surface area (Å²) in [6.45, 7) is 6.42. The van der Waals surface area contributed by atoms with Gasteiger partial charge in [0.25, 0.3) is 0 Å². The molecule has 1 N–H and O–H groups in total. The van der Waals surface area contributed by atoms with E-state index in [1.807, 2.05) is 11.8 Å². The lowest BCUT2D eigenvalue weighted by Gasteiger charge is -2.38. The lowest BCUT2D eigenvalue weighted by Crippen LogP contribution is -2.45. The fraction of sp³-hybridized carbons (Fsp3) is 0.625. The molecule has 1 aliphatic rings.